The zero-order chi connectivity index (χ0) is 18.6. The van der Waals surface area contributed by atoms with Gasteiger partial charge in [0.2, 0.25) is 0 Å². The lowest BCUT2D eigenvalue weighted by Crippen LogP contribution is -2.48. The van der Waals surface area contributed by atoms with Crippen LogP contribution in [0.5, 0.6) is 0 Å². The predicted molar refractivity (Wildman–Crippen MR) is 113 cm³/mol. The highest BCUT2D eigenvalue weighted by molar-refractivity contribution is 5.48. The Labute approximate surface area is 161 Å². The van der Waals surface area contributed by atoms with Crippen LogP contribution in [0.15, 0.2) is 24.3 Å². The molecule has 1 N–H and O–H groups in total. The molecule has 1 aliphatic heterocycles. The Kier molecular flexibility index (Phi) is 10.1. The van der Waals surface area contributed by atoms with Crippen LogP contribution < -0.4 is 4.90 Å². The van der Waals surface area contributed by atoms with Crippen molar-refractivity contribution in [1.29, 1.82) is 0 Å². The van der Waals surface area contributed by atoms with Gasteiger partial charge in [-0.15, -0.1) is 0 Å². The smallest absolute Gasteiger partial charge is 0.0667 e. The number of β-amino-alcohol motifs (C(OH)–C–C–N with tert-alkyl or cyclic N) is 1. The number of unbranched alkanes of at least 4 members (excludes halogenated alkanes) is 7. The lowest BCUT2D eigenvalue weighted by atomic mass is 10.1. The van der Waals surface area contributed by atoms with E-state index in [1.54, 1.807) is 0 Å². The minimum absolute atomic E-state index is 0.152. The maximum Gasteiger partial charge on any atom is 0.0667 e. The fourth-order valence-corrected chi connectivity index (χ4v) is 3.92. The first kappa shape index (κ1) is 21.2. The van der Waals surface area contributed by atoms with E-state index in [-0.39, 0.29) is 6.10 Å². The number of piperazine rings is 1. The normalized spacial score (nSPS) is 16.8. The molecule has 1 unspecified atom stereocenters. The number of aliphatic hydroxyl groups is 1. The van der Waals surface area contributed by atoms with Gasteiger partial charge in [0, 0.05) is 38.4 Å². The van der Waals surface area contributed by atoms with E-state index in [9.17, 15) is 5.11 Å². The zero-order valence-corrected chi connectivity index (χ0v) is 17.1. The molecule has 1 fully saturated rings. The SMILES string of the molecule is CCCCCCCCCCC(O)CN1CCN(c2cccc(C)c2)CC1. The molecule has 2 rings (SSSR count). The van der Waals surface area contributed by atoms with E-state index < -0.39 is 0 Å². The van der Waals surface area contributed by atoms with Gasteiger partial charge in [-0.3, -0.25) is 4.90 Å². The largest absolute Gasteiger partial charge is 0.392 e. The molecule has 26 heavy (non-hydrogen) atoms. The third-order valence-electron chi connectivity index (χ3n) is 5.60. The monoisotopic (exact) mass is 360 g/mol. The maximum atomic E-state index is 10.3. The van der Waals surface area contributed by atoms with E-state index in [4.69, 9.17) is 0 Å². The highest BCUT2D eigenvalue weighted by Gasteiger charge is 2.19. The van der Waals surface area contributed by atoms with E-state index in [1.165, 1.54) is 62.6 Å². The van der Waals surface area contributed by atoms with Crippen LogP contribution in [0.25, 0.3) is 0 Å². The van der Waals surface area contributed by atoms with Crippen molar-refractivity contribution in [3.63, 3.8) is 0 Å². The fraction of sp³-hybridized carbons (Fsp3) is 0.739. The Bertz CT molecular complexity index is 483. The summed E-state index contributed by atoms with van der Waals surface area (Å²) in [6.07, 6.45) is 11.5. The number of aryl methyl sites for hydroxylation is 1. The van der Waals surface area contributed by atoms with Gasteiger partial charge in [-0.1, -0.05) is 70.4 Å². The van der Waals surface area contributed by atoms with E-state index in [0.29, 0.717) is 0 Å². The molecule has 0 saturated carbocycles. The van der Waals surface area contributed by atoms with Crippen LogP contribution >= 0.6 is 0 Å². The van der Waals surface area contributed by atoms with Gasteiger partial charge < -0.3 is 10.0 Å². The second-order valence-electron chi connectivity index (χ2n) is 8.04. The number of benzene rings is 1. The minimum atomic E-state index is -0.152. The fourth-order valence-electron chi connectivity index (χ4n) is 3.92. The van der Waals surface area contributed by atoms with E-state index in [2.05, 4.69) is 47.9 Å². The minimum Gasteiger partial charge on any atom is -0.392 e. The summed E-state index contributed by atoms with van der Waals surface area (Å²) < 4.78 is 0. The molecule has 1 aliphatic rings. The van der Waals surface area contributed by atoms with Crippen molar-refractivity contribution >= 4 is 5.69 Å². The third kappa shape index (κ3) is 8.09. The first-order valence-corrected chi connectivity index (χ1v) is 10.9. The topological polar surface area (TPSA) is 26.7 Å². The van der Waals surface area contributed by atoms with Gasteiger partial charge in [0.05, 0.1) is 6.10 Å². The van der Waals surface area contributed by atoms with Crippen molar-refractivity contribution in [3.05, 3.63) is 29.8 Å². The molecule has 1 aromatic rings. The van der Waals surface area contributed by atoms with Crippen LogP contribution in [0.4, 0.5) is 5.69 Å². The Balaban J connectivity index is 1.53. The summed E-state index contributed by atoms with van der Waals surface area (Å²) >= 11 is 0. The molecular weight excluding hydrogens is 320 g/mol. The molecule has 0 radical (unpaired) electrons. The summed E-state index contributed by atoms with van der Waals surface area (Å²) in [7, 11) is 0. The van der Waals surface area contributed by atoms with Crippen molar-refractivity contribution in [2.75, 3.05) is 37.6 Å². The molecule has 1 atom stereocenters. The van der Waals surface area contributed by atoms with Crippen molar-refractivity contribution in [1.82, 2.24) is 4.90 Å². The third-order valence-corrected chi connectivity index (χ3v) is 5.60. The van der Waals surface area contributed by atoms with Crippen LogP contribution in [0, 0.1) is 6.92 Å². The highest BCUT2D eigenvalue weighted by Crippen LogP contribution is 2.18. The van der Waals surface area contributed by atoms with E-state index in [1.807, 2.05) is 0 Å². The molecule has 1 heterocycles. The van der Waals surface area contributed by atoms with Gasteiger partial charge in [-0.25, -0.2) is 0 Å². The van der Waals surface area contributed by atoms with Gasteiger partial charge in [0.15, 0.2) is 0 Å². The lowest BCUT2D eigenvalue weighted by molar-refractivity contribution is 0.0996. The second kappa shape index (κ2) is 12.3. The van der Waals surface area contributed by atoms with Crippen molar-refractivity contribution < 1.29 is 5.11 Å². The van der Waals surface area contributed by atoms with Crippen molar-refractivity contribution in [3.8, 4) is 0 Å². The predicted octanol–water partition coefficient (Wildman–Crippen LogP) is 5.01. The molecule has 1 saturated heterocycles. The quantitative estimate of drug-likeness (QED) is 0.531. The summed E-state index contributed by atoms with van der Waals surface area (Å²) in [5.74, 6) is 0. The molecule has 0 amide bonds. The molecule has 0 spiro atoms. The lowest BCUT2D eigenvalue weighted by Gasteiger charge is -2.37. The molecule has 0 bridgehead atoms. The van der Waals surface area contributed by atoms with Crippen LogP contribution in [-0.2, 0) is 0 Å². The van der Waals surface area contributed by atoms with Crippen LogP contribution in [0.1, 0.15) is 70.3 Å². The highest BCUT2D eigenvalue weighted by atomic mass is 16.3. The van der Waals surface area contributed by atoms with Gasteiger partial charge in [-0.2, -0.15) is 0 Å². The van der Waals surface area contributed by atoms with Crippen molar-refractivity contribution in [2.45, 2.75) is 77.7 Å². The van der Waals surface area contributed by atoms with Gasteiger partial charge in [-0.05, 0) is 31.0 Å². The average Bonchev–Trinajstić information content (AvgIpc) is 2.64. The molecular formula is C23H40N2O. The molecule has 3 heteroatoms. The Morgan fingerprint density at radius 3 is 2.23 bits per heavy atom. The standard InChI is InChI=1S/C23H40N2O/c1-3-4-5-6-7-8-9-10-14-23(26)20-24-15-17-25(18-16-24)22-13-11-12-21(2)19-22/h11-13,19,23,26H,3-10,14-18,20H2,1-2H3. The van der Waals surface area contributed by atoms with Crippen molar-refractivity contribution in [2.24, 2.45) is 0 Å². The van der Waals surface area contributed by atoms with Crippen LogP contribution in [0.2, 0.25) is 0 Å². The molecule has 148 valence electrons. The van der Waals surface area contributed by atoms with Gasteiger partial charge in [0.1, 0.15) is 0 Å². The Hall–Kier alpha value is -1.06. The van der Waals surface area contributed by atoms with E-state index >= 15 is 0 Å². The number of rotatable bonds is 12. The zero-order valence-electron chi connectivity index (χ0n) is 17.1. The first-order chi connectivity index (χ1) is 12.7. The molecule has 0 aromatic heterocycles. The molecule has 3 nitrogen and oxygen atoms in total. The summed E-state index contributed by atoms with van der Waals surface area (Å²) in [5, 5.41) is 10.3. The first-order valence-electron chi connectivity index (χ1n) is 10.9. The number of anilines is 1. The summed E-state index contributed by atoms with van der Waals surface area (Å²) in [4.78, 5) is 4.90. The summed E-state index contributed by atoms with van der Waals surface area (Å²) in [5.41, 5.74) is 2.66. The van der Waals surface area contributed by atoms with Crippen LogP contribution in [0.3, 0.4) is 0 Å². The number of hydrogen-bond acceptors (Lipinski definition) is 3. The van der Waals surface area contributed by atoms with Gasteiger partial charge >= 0.3 is 0 Å². The summed E-state index contributed by atoms with van der Waals surface area (Å²) in [6.45, 7) is 9.51. The molecule has 0 aliphatic carbocycles. The van der Waals surface area contributed by atoms with Crippen LogP contribution in [-0.4, -0.2) is 48.8 Å². The molecule has 1 aromatic carbocycles. The average molecular weight is 361 g/mol. The number of nitrogens with zero attached hydrogens (tertiary/aromatic N) is 2. The maximum absolute atomic E-state index is 10.3. The van der Waals surface area contributed by atoms with E-state index in [0.717, 1.165) is 39.1 Å². The number of aliphatic hydroxyl groups excluding tert-OH is 1. The number of hydrogen-bond donors (Lipinski definition) is 1. The van der Waals surface area contributed by atoms with Gasteiger partial charge in [0.25, 0.3) is 0 Å². The Morgan fingerprint density at radius 1 is 0.923 bits per heavy atom. The summed E-state index contributed by atoms with van der Waals surface area (Å²) in [6, 6.07) is 8.78. The second-order valence-corrected chi connectivity index (χ2v) is 8.04. The Morgan fingerprint density at radius 2 is 1.58 bits per heavy atom.